The molecule has 1 atom stereocenters. The molecule has 1 unspecified atom stereocenters. The number of carbonyl (C=O) groups excluding carboxylic acids is 2. The van der Waals surface area contributed by atoms with Crippen molar-refractivity contribution >= 4 is 11.9 Å². The van der Waals surface area contributed by atoms with Gasteiger partial charge in [-0.15, -0.1) is 0 Å². The van der Waals surface area contributed by atoms with Crippen LogP contribution in [0.25, 0.3) is 0 Å². The first-order valence-electron chi connectivity index (χ1n) is 11.2. The van der Waals surface area contributed by atoms with Crippen molar-refractivity contribution in [3.05, 3.63) is 35.9 Å². The van der Waals surface area contributed by atoms with E-state index in [0.29, 0.717) is 6.42 Å². The minimum absolute atomic E-state index is 0.0847. The van der Waals surface area contributed by atoms with Crippen LogP contribution in [-0.4, -0.2) is 17.5 Å². The Hall–Kier alpha value is -1.84. The Morgan fingerprint density at radius 2 is 1.48 bits per heavy atom. The van der Waals surface area contributed by atoms with E-state index < -0.39 is 11.5 Å². The van der Waals surface area contributed by atoms with Gasteiger partial charge in [-0.05, 0) is 32.8 Å². The van der Waals surface area contributed by atoms with Crippen molar-refractivity contribution in [2.75, 3.05) is 0 Å². The number of esters is 2. The normalized spacial score (nSPS) is 12.4. The molecule has 1 aromatic rings. The summed E-state index contributed by atoms with van der Waals surface area (Å²) < 4.78 is 10.9. The van der Waals surface area contributed by atoms with E-state index in [4.69, 9.17) is 9.47 Å². The number of rotatable bonds is 14. The number of benzene rings is 1. The van der Waals surface area contributed by atoms with Crippen molar-refractivity contribution in [2.24, 2.45) is 5.92 Å². The minimum Gasteiger partial charge on any atom is -0.461 e. The second-order valence-corrected chi connectivity index (χ2v) is 8.84. The SMILES string of the molecule is CCCCCCCCCCC(CC(=O)OC(C)(C)C)C(=O)OCc1ccccc1. The van der Waals surface area contributed by atoms with Crippen molar-refractivity contribution in [1.82, 2.24) is 0 Å². The lowest BCUT2D eigenvalue weighted by molar-refractivity contribution is -0.162. The van der Waals surface area contributed by atoms with Crippen LogP contribution >= 0.6 is 0 Å². The van der Waals surface area contributed by atoms with Gasteiger partial charge in [-0.1, -0.05) is 88.6 Å². The molecule has 0 saturated heterocycles. The van der Waals surface area contributed by atoms with Crippen LogP contribution in [0, 0.1) is 5.92 Å². The third kappa shape index (κ3) is 13.1. The fraction of sp³-hybridized carbons (Fsp3) is 0.680. The zero-order valence-corrected chi connectivity index (χ0v) is 18.9. The molecule has 29 heavy (non-hydrogen) atoms. The maximum Gasteiger partial charge on any atom is 0.309 e. The van der Waals surface area contributed by atoms with Crippen LogP contribution in [0.5, 0.6) is 0 Å². The predicted molar refractivity (Wildman–Crippen MR) is 117 cm³/mol. The van der Waals surface area contributed by atoms with Crippen LogP contribution in [0.4, 0.5) is 0 Å². The number of unbranched alkanes of at least 4 members (excludes halogenated alkanes) is 7. The van der Waals surface area contributed by atoms with Crippen LogP contribution < -0.4 is 0 Å². The fourth-order valence-corrected chi connectivity index (χ4v) is 3.26. The molecule has 1 rings (SSSR count). The van der Waals surface area contributed by atoms with E-state index in [1.54, 1.807) is 0 Å². The molecule has 0 N–H and O–H groups in total. The van der Waals surface area contributed by atoms with Gasteiger partial charge in [0, 0.05) is 0 Å². The van der Waals surface area contributed by atoms with Gasteiger partial charge in [0.05, 0.1) is 12.3 Å². The molecule has 0 radical (unpaired) electrons. The summed E-state index contributed by atoms with van der Waals surface area (Å²) in [5, 5.41) is 0. The first-order valence-corrected chi connectivity index (χ1v) is 11.2. The third-order valence-electron chi connectivity index (χ3n) is 4.80. The standard InChI is InChI=1S/C25H40O4/c1-5-6-7-8-9-10-11-15-18-22(19-23(26)29-25(2,3)4)24(27)28-20-21-16-13-12-14-17-21/h12-14,16-17,22H,5-11,15,18-20H2,1-4H3. The highest BCUT2D eigenvalue weighted by Crippen LogP contribution is 2.20. The average molecular weight is 405 g/mol. The van der Waals surface area contributed by atoms with Crippen molar-refractivity contribution in [3.8, 4) is 0 Å². The summed E-state index contributed by atoms with van der Waals surface area (Å²) in [4.78, 5) is 24.9. The van der Waals surface area contributed by atoms with E-state index >= 15 is 0 Å². The van der Waals surface area contributed by atoms with Crippen molar-refractivity contribution in [2.45, 2.75) is 104 Å². The summed E-state index contributed by atoms with van der Waals surface area (Å²) in [6.45, 7) is 7.98. The van der Waals surface area contributed by atoms with Gasteiger partial charge in [0.25, 0.3) is 0 Å². The lowest BCUT2D eigenvalue weighted by Gasteiger charge is -2.22. The second kappa shape index (κ2) is 14.2. The first-order chi connectivity index (χ1) is 13.8. The van der Waals surface area contributed by atoms with E-state index in [1.807, 2.05) is 51.1 Å². The van der Waals surface area contributed by atoms with Gasteiger partial charge in [-0.2, -0.15) is 0 Å². The Balaban J connectivity index is 2.47. The molecule has 4 heteroatoms. The summed E-state index contributed by atoms with van der Waals surface area (Å²) in [6.07, 6.45) is 10.4. The number of hydrogen-bond donors (Lipinski definition) is 0. The van der Waals surface area contributed by atoms with Crippen LogP contribution in [0.3, 0.4) is 0 Å². The Bertz CT molecular complexity index is 574. The molecule has 0 aromatic heterocycles. The molecule has 0 aliphatic heterocycles. The zero-order chi connectivity index (χ0) is 21.5. The maximum absolute atomic E-state index is 12.6. The Morgan fingerprint density at radius 3 is 2.07 bits per heavy atom. The summed E-state index contributed by atoms with van der Waals surface area (Å²) in [6, 6.07) is 9.62. The van der Waals surface area contributed by atoms with Gasteiger partial charge >= 0.3 is 11.9 Å². The highest BCUT2D eigenvalue weighted by atomic mass is 16.6. The quantitative estimate of drug-likeness (QED) is 0.259. The lowest BCUT2D eigenvalue weighted by atomic mass is 9.97. The molecule has 0 spiro atoms. The number of ether oxygens (including phenoxy) is 2. The van der Waals surface area contributed by atoms with Crippen LogP contribution in [0.1, 0.15) is 97.5 Å². The Kier molecular flexibility index (Phi) is 12.3. The van der Waals surface area contributed by atoms with E-state index in [0.717, 1.165) is 18.4 Å². The monoisotopic (exact) mass is 404 g/mol. The molecule has 0 saturated carbocycles. The van der Waals surface area contributed by atoms with Gasteiger partial charge in [-0.3, -0.25) is 9.59 Å². The summed E-state index contributed by atoms with van der Waals surface area (Å²) in [5.41, 5.74) is 0.401. The minimum atomic E-state index is -0.548. The molecule has 0 aliphatic carbocycles. The molecule has 164 valence electrons. The molecule has 0 amide bonds. The van der Waals surface area contributed by atoms with E-state index in [1.165, 1.54) is 38.5 Å². The Labute approximate surface area is 177 Å². The van der Waals surface area contributed by atoms with Crippen molar-refractivity contribution in [3.63, 3.8) is 0 Å². The second-order valence-electron chi connectivity index (χ2n) is 8.84. The molecule has 0 aliphatic rings. The maximum atomic E-state index is 12.6. The summed E-state index contributed by atoms with van der Waals surface area (Å²) in [7, 11) is 0. The largest absolute Gasteiger partial charge is 0.461 e. The first kappa shape index (κ1) is 25.2. The van der Waals surface area contributed by atoms with Crippen LogP contribution in [0.2, 0.25) is 0 Å². The molecule has 4 nitrogen and oxygen atoms in total. The number of hydrogen-bond acceptors (Lipinski definition) is 4. The smallest absolute Gasteiger partial charge is 0.309 e. The van der Waals surface area contributed by atoms with Gasteiger partial charge < -0.3 is 9.47 Å². The van der Waals surface area contributed by atoms with E-state index in [-0.39, 0.29) is 25.0 Å². The summed E-state index contributed by atoms with van der Waals surface area (Å²) >= 11 is 0. The highest BCUT2D eigenvalue weighted by molar-refractivity contribution is 5.80. The van der Waals surface area contributed by atoms with Gasteiger partial charge in [0.1, 0.15) is 12.2 Å². The van der Waals surface area contributed by atoms with Crippen molar-refractivity contribution < 1.29 is 19.1 Å². The summed E-state index contributed by atoms with van der Waals surface area (Å²) in [5.74, 6) is -1.07. The van der Waals surface area contributed by atoms with Gasteiger partial charge in [0.15, 0.2) is 0 Å². The molecule has 0 fully saturated rings. The topological polar surface area (TPSA) is 52.6 Å². The number of carbonyl (C=O) groups is 2. The van der Waals surface area contributed by atoms with Crippen molar-refractivity contribution in [1.29, 1.82) is 0 Å². The molecular formula is C25H40O4. The van der Waals surface area contributed by atoms with Gasteiger partial charge in [0.2, 0.25) is 0 Å². The molecule has 1 aromatic carbocycles. The average Bonchev–Trinajstić information content (AvgIpc) is 2.66. The third-order valence-corrected chi connectivity index (χ3v) is 4.80. The van der Waals surface area contributed by atoms with Crippen LogP contribution in [-0.2, 0) is 25.7 Å². The molecule has 0 heterocycles. The predicted octanol–water partition coefficient (Wildman–Crippen LogP) is 6.61. The van der Waals surface area contributed by atoms with E-state index in [2.05, 4.69) is 6.92 Å². The van der Waals surface area contributed by atoms with E-state index in [9.17, 15) is 9.59 Å². The highest BCUT2D eigenvalue weighted by Gasteiger charge is 2.26. The fourth-order valence-electron chi connectivity index (χ4n) is 3.26. The van der Waals surface area contributed by atoms with Crippen LogP contribution in [0.15, 0.2) is 30.3 Å². The molecular weight excluding hydrogens is 364 g/mol. The molecule has 0 bridgehead atoms. The zero-order valence-electron chi connectivity index (χ0n) is 18.9. The Morgan fingerprint density at radius 1 is 0.897 bits per heavy atom. The lowest BCUT2D eigenvalue weighted by Crippen LogP contribution is -2.28. The van der Waals surface area contributed by atoms with Gasteiger partial charge in [-0.25, -0.2) is 0 Å².